The molecule has 4 rings (SSSR count). The van der Waals surface area contributed by atoms with Crippen LogP contribution in [0, 0.1) is 6.92 Å². The Bertz CT molecular complexity index is 1120. The lowest BCUT2D eigenvalue weighted by molar-refractivity contribution is -0.120. The molecular weight excluding hydrogens is 449 g/mol. The van der Waals surface area contributed by atoms with Crippen molar-refractivity contribution in [2.75, 3.05) is 23.3 Å². The Morgan fingerprint density at radius 3 is 2.34 bits per heavy atom. The van der Waals surface area contributed by atoms with Crippen LogP contribution in [-0.4, -0.2) is 35.7 Å². The molecular formula is C24H23Cl2N3O3. The Morgan fingerprint density at radius 1 is 0.938 bits per heavy atom. The van der Waals surface area contributed by atoms with Crippen LogP contribution in [0.2, 0.25) is 5.02 Å². The fraction of sp³-hybridized carbons (Fsp3) is 0.292. The van der Waals surface area contributed by atoms with Crippen LogP contribution < -0.4 is 10.2 Å². The zero-order valence-electron chi connectivity index (χ0n) is 17.7. The SMILES string of the molecule is Cc1ccc(N2C(=O)C(Cl)=C(Nc3cccc(C(=O)N4CCCCCC4)c3)C2=O)cc1Cl. The Kier molecular flexibility index (Phi) is 6.53. The summed E-state index contributed by atoms with van der Waals surface area (Å²) in [5, 5.41) is 3.17. The first-order chi connectivity index (χ1) is 15.4. The Balaban J connectivity index is 1.55. The summed E-state index contributed by atoms with van der Waals surface area (Å²) in [7, 11) is 0. The molecule has 2 aliphatic heterocycles. The minimum Gasteiger partial charge on any atom is -0.350 e. The van der Waals surface area contributed by atoms with E-state index >= 15 is 0 Å². The summed E-state index contributed by atoms with van der Waals surface area (Å²) in [6, 6.07) is 11.8. The van der Waals surface area contributed by atoms with Gasteiger partial charge in [0.05, 0.1) is 5.69 Å². The molecule has 6 nitrogen and oxygen atoms in total. The number of nitrogens with zero attached hydrogens (tertiary/aromatic N) is 2. The number of hydrogen-bond acceptors (Lipinski definition) is 4. The van der Waals surface area contributed by atoms with Crippen LogP contribution in [0.15, 0.2) is 53.2 Å². The second-order valence-corrected chi connectivity index (χ2v) is 8.77. The molecule has 0 bridgehead atoms. The highest BCUT2D eigenvalue weighted by molar-refractivity contribution is 6.53. The zero-order valence-corrected chi connectivity index (χ0v) is 19.2. The number of hydrogen-bond donors (Lipinski definition) is 1. The van der Waals surface area contributed by atoms with Crippen LogP contribution in [0.3, 0.4) is 0 Å². The molecule has 0 aliphatic carbocycles. The molecule has 0 saturated carbocycles. The number of carbonyl (C=O) groups excluding carboxylic acids is 3. The molecule has 32 heavy (non-hydrogen) atoms. The van der Waals surface area contributed by atoms with Crippen LogP contribution in [0.4, 0.5) is 11.4 Å². The number of aryl methyl sites for hydroxylation is 1. The van der Waals surface area contributed by atoms with Crippen LogP contribution in [0.5, 0.6) is 0 Å². The largest absolute Gasteiger partial charge is 0.350 e. The Hall–Kier alpha value is -2.83. The predicted octanol–water partition coefficient (Wildman–Crippen LogP) is 5.10. The number of nitrogens with one attached hydrogen (secondary N) is 1. The van der Waals surface area contributed by atoms with Gasteiger partial charge in [0.1, 0.15) is 10.7 Å². The summed E-state index contributed by atoms with van der Waals surface area (Å²) in [5.74, 6) is -1.25. The van der Waals surface area contributed by atoms with E-state index in [1.54, 1.807) is 42.5 Å². The first-order valence-electron chi connectivity index (χ1n) is 10.6. The van der Waals surface area contributed by atoms with Crippen molar-refractivity contribution in [3.63, 3.8) is 0 Å². The smallest absolute Gasteiger partial charge is 0.283 e. The second kappa shape index (κ2) is 9.35. The van der Waals surface area contributed by atoms with E-state index < -0.39 is 11.8 Å². The minimum atomic E-state index is -0.629. The number of amides is 3. The number of halogens is 2. The summed E-state index contributed by atoms with van der Waals surface area (Å²) < 4.78 is 0. The van der Waals surface area contributed by atoms with E-state index in [1.165, 1.54) is 0 Å². The van der Waals surface area contributed by atoms with Crippen molar-refractivity contribution < 1.29 is 14.4 Å². The number of anilines is 2. The summed E-state index contributed by atoms with van der Waals surface area (Å²) >= 11 is 12.4. The lowest BCUT2D eigenvalue weighted by Gasteiger charge is -2.20. The van der Waals surface area contributed by atoms with E-state index in [0.29, 0.717) is 22.0 Å². The normalized spacial score (nSPS) is 17.1. The third-order valence-corrected chi connectivity index (χ3v) is 6.47. The van der Waals surface area contributed by atoms with Crippen LogP contribution in [0.1, 0.15) is 41.6 Å². The maximum atomic E-state index is 13.0. The predicted molar refractivity (Wildman–Crippen MR) is 126 cm³/mol. The Labute approximate surface area is 196 Å². The summed E-state index contributed by atoms with van der Waals surface area (Å²) in [6.07, 6.45) is 4.27. The third-order valence-electron chi connectivity index (χ3n) is 5.71. The van der Waals surface area contributed by atoms with Gasteiger partial charge in [-0.25, -0.2) is 4.90 Å². The van der Waals surface area contributed by atoms with E-state index in [4.69, 9.17) is 23.2 Å². The third kappa shape index (κ3) is 4.38. The van der Waals surface area contributed by atoms with Gasteiger partial charge in [0.2, 0.25) is 0 Å². The lowest BCUT2D eigenvalue weighted by atomic mass is 10.1. The molecule has 2 aromatic rings. The van der Waals surface area contributed by atoms with Crippen molar-refractivity contribution in [2.45, 2.75) is 32.6 Å². The van der Waals surface area contributed by atoms with Crippen molar-refractivity contribution in [1.29, 1.82) is 0 Å². The summed E-state index contributed by atoms with van der Waals surface area (Å²) in [4.78, 5) is 41.5. The van der Waals surface area contributed by atoms with E-state index in [-0.39, 0.29) is 16.6 Å². The first kappa shape index (κ1) is 22.4. The summed E-state index contributed by atoms with van der Waals surface area (Å²) in [6.45, 7) is 3.32. The molecule has 0 radical (unpaired) electrons. The molecule has 1 fully saturated rings. The van der Waals surface area contributed by atoms with Crippen molar-refractivity contribution in [3.05, 3.63) is 69.3 Å². The zero-order chi connectivity index (χ0) is 22.8. The fourth-order valence-electron chi connectivity index (χ4n) is 3.90. The van der Waals surface area contributed by atoms with Gasteiger partial charge < -0.3 is 10.2 Å². The number of likely N-dealkylation sites (tertiary alicyclic amines) is 1. The molecule has 2 aliphatic rings. The molecule has 3 amide bonds. The number of benzene rings is 2. The average molecular weight is 472 g/mol. The molecule has 0 aromatic heterocycles. The number of rotatable bonds is 4. The molecule has 2 heterocycles. The van der Waals surface area contributed by atoms with Crippen LogP contribution in [-0.2, 0) is 9.59 Å². The van der Waals surface area contributed by atoms with Gasteiger partial charge >= 0.3 is 0 Å². The monoisotopic (exact) mass is 471 g/mol. The van der Waals surface area contributed by atoms with Crippen molar-refractivity contribution in [3.8, 4) is 0 Å². The van der Waals surface area contributed by atoms with E-state index in [2.05, 4.69) is 5.32 Å². The minimum absolute atomic E-state index is 0.0345. The highest BCUT2D eigenvalue weighted by Gasteiger charge is 2.39. The van der Waals surface area contributed by atoms with Crippen LogP contribution in [0.25, 0.3) is 0 Å². The van der Waals surface area contributed by atoms with Gasteiger partial charge in [0.15, 0.2) is 0 Å². The molecule has 1 saturated heterocycles. The maximum Gasteiger partial charge on any atom is 0.283 e. The highest BCUT2D eigenvalue weighted by atomic mass is 35.5. The van der Waals surface area contributed by atoms with Gasteiger partial charge in [0.25, 0.3) is 17.7 Å². The van der Waals surface area contributed by atoms with Gasteiger partial charge in [-0.2, -0.15) is 0 Å². The van der Waals surface area contributed by atoms with E-state index in [0.717, 1.165) is 49.2 Å². The molecule has 166 valence electrons. The van der Waals surface area contributed by atoms with Gasteiger partial charge in [-0.05, 0) is 55.7 Å². The molecule has 8 heteroatoms. The van der Waals surface area contributed by atoms with E-state index in [9.17, 15) is 14.4 Å². The number of imide groups is 1. The molecule has 0 unspecified atom stereocenters. The van der Waals surface area contributed by atoms with Crippen LogP contribution >= 0.6 is 23.2 Å². The van der Waals surface area contributed by atoms with Gasteiger partial charge in [-0.1, -0.05) is 48.2 Å². The first-order valence-corrected chi connectivity index (χ1v) is 11.3. The number of carbonyl (C=O) groups is 3. The van der Waals surface area contributed by atoms with Crippen molar-refractivity contribution in [2.24, 2.45) is 0 Å². The van der Waals surface area contributed by atoms with Gasteiger partial charge in [0, 0.05) is 29.4 Å². The highest BCUT2D eigenvalue weighted by Crippen LogP contribution is 2.32. The van der Waals surface area contributed by atoms with Crippen molar-refractivity contribution in [1.82, 2.24) is 4.90 Å². The Morgan fingerprint density at radius 2 is 1.66 bits per heavy atom. The molecule has 0 spiro atoms. The molecule has 2 aromatic carbocycles. The average Bonchev–Trinajstić information content (AvgIpc) is 2.99. The topological polar surface area (TPSA) is 69.7 Å². The molecule has 0 atom stereocenters. The maximum absolute atomic E-state index is 13.0. The lowest BCUT2D eigenvalue weighted by Crippen LogP contribution is -2.32. The fourth-order valence-corrected chi connectivity index (χ4v) is 4.28. The van der Waals surface area contributed by atoms with E-state index in [1.807, 2.05) is 11.8 Å². The quantitative estimate of drug-likeness (QED) is 0.629. The van der Waals surface area contributed by atoms with Crippen molar-refractivity contribution >= 4 is 52.3 Å². The standard InChI is InChI=1S/C24H23Cl2N3O3/c1-15-9-10-18(14-19(15)25)29-23(31)20(26)21(24(29)32)27-17-8-6-7-16(13-17)22(30)28-11-4-2-3-5-12-28/h6-10,13-14,27H,2-5,11-12H2,1H3. The summed E-state index contributed by atoms with van der Waals surface area (Å²) in [5.41, 5.74) is 2.16. The molecule has 1 N–H and O–H groups in total. The van der Waals surface area contributed by atoms with Gasteiger partial charge in [-0.3, -0.25) is 14.4 Å². The second-order valence-electron chi connectivity index (χ2n) is 7.98. The van der Waals surface area contributed by atoms with Gasteiger partial charge in [-0.15, -0.1) is 0 Å².